The summed E-state index contributed by atoms with van der Waals surface area (Å²) in [6.45, 7) is 0. The fourth-order valence-corrected chi connectivity index (χ4v) is 2.01. The SMILES string of the molecule is O=C(Cc1cocn1)NC1CCCCC1. The van der Waals surface area contributed by atoms with E-state index in [4.69, 9.17) is 4.42 Å². The second kappa shape index (κ2) is 4.96. The molecule has 1 saturated carbocycles. The summed E-state index contributed by atoms with van der Waals surface area (Å²) in [5, 5.41) is 3.04. The minimum atomic E-state index is 0.0517. The largest absolute Gasteiger partial charge is 0.451 e. The molecule has 4 heteroatoms. The van der Waals surface area contributed by atoms with Gasteiger partial charge >= 0.3 is 0 Å². The lowest BCUT2D eigenvalue weighted by molar-refractivity contribution is -0.121. The molecule has 1 aromatic heterocycles. The number of amides is 1. The third-order valence-corrected chi connectivity index (χ3v) is 2.80. The van der Waals surface area contributed by atoms with E-state index in [-0.39, 0.29) is 5.91 Å². The lowest BCUT2D eigenvalue weighted by Gasteiger charge is -2.22. The van der Waals surface area contributed by atoms with Crippen molar-refractivity contribution in [2.45, 2.75) is 44.6 Å². The predicted octanol–water partition coefficient (Wildman–Crippen LogP) is 1.67. The fourth-order valence-electron chi connectivity index (χ4n) is 2.01. The molecule has 0 radical (unpaired) electrons. The molecule has 1 amide bonds. The Morgan fingerprint density at radius 3 is 2.93 bits per heavy atom. The van der Waals surface area contributed by atoms with Crippen molar-refractivity contribution in [2.75, 3.05) is 0 Å². The van der Waals surface area contributed by atoms with Crippen LogP contribution < -0.4 is 5.32 Å². The molecule has 2 rings (SSSR count). The van der Waals surface area contributed by atoms with Crippen LogP contribution in [0.5, 0.6) is 0 Å². The van der Waals surface area contributed by atoms with Crippen molar-refractivity contribution in [3.63, 3.8) is 0 Å². The number of hydrogen-bond acceptors (Lipinski definition) is 3. The van der Waals surface area contributed by atoms with Gasteiger partial charge < -0.3 is 9.73 Å². The first-order valence-electron chi connectivity index (χ1n) is 5.51. The van der Waals surface area contributed by atoms with Crippen molar-refractivity contribution < 1.29 is 9.21 Å². The molecule has 0 unspecified atom stereocenters. The van der Waals surface area contributed by atoms with E-state index in [1.54, 1.807) is 0 Å². The van der Waals surface area contributed by atoms with Gasteiger partial charge in [0.15, 0.2) is 6.39 Å². The van der Waals surface area contributed by atoms with Gasteiger partial charge in [0.25, 0.3) is 0 Å². The number of aromatic nitrogens is 1. The Morgan fingerprint density at radius 1 is 1.47 bits per heavy atom. The van der Waals surface area contributed by atoms with E-state index in [2.05, 4.69) is 10.3 Å². The van der Waals surface area contributed by atoms with Gasteiger partial charge in [0.1, 0.15) is 6.26 Å². The molecule has 82 valence electrons. The van der Waals surface area contributed by atoms with E-state index < -0.39 is 0 Å². The van der Waals surface area contributed by atoms with Crippen molar-refractivity contribution in [3.05, 3.63) is 18.4 Å². The summed E-state index contributed by atoms with van der Waals surface area (Å²) >= 11 is 0. The van der Waals surface area contributed by atoms with Gasteiger partial charge in [0.2, 0.25) is 5.91 Å². The van der Waals surface area contributed by atoms with E-state index >= 15 is 0 Å². The van der Waals surface area contributed by atoms with Gasteiger partial charge in [0, 0.05) is 6.04 Å². The van der Waals surface area contributed by atoms with E-state index in [9.17, 15) is 4.79 Å². The Balaban J connectivity index is 1.76. The molecule has 0 saturated heterocycles. The summed E-state index contributed by atoms with van der Waals surface area (Å²) in [4.78, 5) is 15.5. The number of oxazole rings is 1. The highest BCUT2D eigenvalue weighted by Crippen LogP contribution is 2.17. The quantitative estimate of drug-likeness (QED) is 0.822. The zero-order chi connectivity index (χ0) is 10.5. The Morgan fingerprint density at radius 2 is 2.27 bits per heavy atom. The predicted molar refractivity (Wildman–Crippen MR) is 55.2 cm³/mol. The highest BCUT2D eigenvalue weighted by Gasteiger charge is 2.16. The molecular formula is C11H16N2O2. The average Bonchev–Trinajstić information content (AvgIpc) is 2.71. The van der Waals surface area contributed by atoms with Crippen LogP contribution in [0.3, 0.4) is 0 Å². The minimum absolute atomic E-state index is 0.0517. The molecule has 1 fully saturated rings. The second-order valence-corrected chi connectivity index (χ2v) is 4.06. The number of carbonyl (C=O) groups excluding carboxylic acids is 1. The van der Waals surface area contributed by atoms with E-state index in [0.717, 1.165) is 12.8 Å². The smallest absolute Gasteiger partial charge is 0.226 e. The van der Waals surface area contributed by atoms with Crippen LogP contribution in [0.1, 0.15) is 37.8 Å². The van der Waals surface area contributed by atoms with Crippen LogP contribution in [0.15, 0.2) is 17.1 Å². The van der Waals surface area contributed by atoms with Crippen LogP contribution in [-0.4, -0.2) is 16.9 Å². The third kappa shape index (κ3) is 3.08. The average molecular weight is 208 g/mol. The zero-order valence-electron chi connectivity index (χ0n) is 8.74. The van der Waals surface area contributed by atoms with Crippen molar-refractivity contribution in [1.29, 1.82) is 0 Å². The van der Waals surface area contributed by atoms with E-state index in [1.807, 2.05) is 0 Å². The van der Waals surface area contributed by atoms with Crippen LogP contribution in [0.2, 0.25) is 0 Å². The summed E-state index contributed by atoms with van der Waals surface area (Å²) in [5.41, 5.74) is 0.698. The molecule has 1 aliphatic carbocycles. The highest BCUT2D eigenvalue weighted by molar-refractivity contribution is 5.78. The van der Waals surface area contributed by atoms with Gasteiger partial charge in [-0.1, -0.05) is 19.3 Å². The van der Waals surface area contributed by atoms with E-state index in [1.165, 1.54) is 31.9 Å². The summed E-state index contributed by atoms with van der Waals surface area (Å²) in [7, 11) is 0. The molecule has 0 aromatic carbocycles. The molecular weight excluding hydrogens is 192 g/mol. The molecule has 1 heterocycles. The van der Waals surface area contributed by atoms with Crippen LogP contribution in [-0.2, 0) is 11.2 Å². The first-order valence-corrected chi connectivity index (χ1v) is 5.51. The van der Waals surface area contributed by atoms with Gasteiger partial charge in [-0.25, -0.2) is 4.98 Å². The first kappa shape index (κ1) is 10.2. The molecule has 1 aromatic rings. The number of nitrogens with one attached hydrogen (secondary N) is 1. The van der Waals surface area contributed by atoms with Crippen LogP contribution >= 0.6 is 0 Å². The lowest BCUT2D eigenvalue weighted by Crippen LogP contribution is -2.37. The summed E-state index contributed by atoms with van der Waals surface area (Å²) < 4.78 is 4.81. The zero-order valence-corrected chi connectivity index (χ0v) is 8.74. The summed E-state index contributed by atoms with van der Waals surface area (Å²) in [5.74, 6) is 0.0517. The molecule has 0 spiro atoms. The monoisotopic (exact) mass is 208 g/mol. The highest BCUT2D eigenvalue weighted by atomic mass is 16.3. The standard InChI is InChI=1S/C11H16N2O2/c14-11(6-10-7-15-8-12-10)13-9-4-2-1-3-5-9/h7-9H,1-6H2,(H,13,14). The summed E-state index contributed by atoms with van der Waals surface area (Å²) in [6, 6.07) is 0.373. The maximum absolute atomic E-state index is 11.6. The lowest BCUT2D eigenvalue weighted by atomic mass is 9.95. The maximum atomic E-state index is 11.6. The molecule has 0 atom stereocenters. The van der Waals surface area contributed by atoms with Crippen LogP contribution in [0.25, 0.3) is 0 Å². The van der Waals surface area contributed by atoms with Gasteiger partial charge in [-0.2, -0.15) is 0 Å². The first-order chi connectivity index (χ1) is 7.34. The van der Waals surface area contributed by atoms with Crippen LogP contribution in [0.4, 0.5) is 0 Å². The Kier molecular flexibility index (Phi) is 3.37. The number of hydrogen-bond donors (Lipinski definition) is 1. The number of rotatable bonds is 3. The maximum Gasteiger partial charge on any atom is 0.226 e. The number of nitrogens with zero attached hydrogens (tertiary/aromatic N) is 1. The van der Waals surface area contributed by atoms with E-state index in [0.29, 0.717) is 18.2 Å². The second-order valence-electron chi connectivity index (χ2n) is 4.06. The Bertz CT molecular complexity index is 302. The van der Waals surface area contributed by atoms with Gasteiger partial charge in [0.05, 0.1) is 12.1 Å². The Hall–Kier alpha value is -1.32. The van der Waals surface area contributed by atoms with Crippen molar-refractivity contribution in [1.82, 2.24) is 10.3 Å². The van der Waals surface area contributed by atoms with Crippen molar-refractivity contribution >= 4 is 5.91 Å². The Labute approximate surface area is 89.1 Å². The molecule has 1 N–H and O–H groups in total. The molecule has 1 aliphatic rings. The number of carbonyl (C=O) groups is 1. The molecule has 0 bridgehead atoms. The molecule has 4 nitrogen and oxygen atoms in total. The molecule has 15 heavy (non-hydrogen) atoms. The van der Waals surface area contributed by atoms with Crippen molar-refractivity contribution in [2.24, 2.45) is 0 Å². The van der Waals surface area contributed by atoms with Gasteiger partial charge in [-0.15, -0.1) is 0 Å². The van der Waals surface area contributed by atoms with Gasteiger partial charge in [-0.05, 0) is 12.8 Å². The van der Waals surface area contributed by atoms with Crippen molar-refractivity contribution in [3.8, 4) is 0 Å². The third-order valence-electron chi connectivity index (χ3n) is 2.80. The topological polar surface area (TPSA) is 55.1 Å². The normalized spacial score (nSPS) is 17.6. The summed E-state index contributed by atoms with van der Waals surface area (Å²) in [6.07, 6.45) is 9.19. The molecule has 0 aliphatic heterocycles. The minimum Gasteiger partial charge on any atom is -0.451 e. The van der Waals surface area contributed by atoms with Crippen LogP contribution in [0, 0.1) is 0 Å². The van der Waals surface area contributed by atoms with Gasteiger partial charge in [-0.3, -0.25) is 4.79 Å². The fraction of sp³-hybridized carbons (Fsp3) is 0.636.